The second-order valence-corrected chi connectivity index (χ2v) is 5.87. The van der Waals surface area contributed by atoms with Crippen LogP contribution in [0.3, 0.4) is 0 Å². The molecular weight excluding hydrogens is 298 g/mol. The van der Waals surface area contributed by atoms with Crippen LogP contribution in [-0.2, 0) is 11.2 Å². The zero-order valence-electron chi connectivity index (χ0n) is 13.3. The molecule has 3 nitrogen and oxygen atoms in total. The van der Waals surface area contributed by atoms with E-state index in [1.165, 1.54) is 0 Å². The minimum Gasteiger partial charge on any atom is -0.496 e. The van der Waals surface area contributed by atoms with Crippen LogP contribution in [0.5, 0.6) is 5.75 Å². The number of carbonyl (C=O) groups is 1. The van der Waals surface area contributed by atoms with E-state index in [1.807, 2.05) is 51.1 Å². The highest BCUT2D eigenvalue weighted by molar-refractivity contribution is 6.34. The van der Waals surface area contributed by atoms with Gasteiger partial charge in [0.1, 0.15) is 5.75 Å². The Bertz CT molecular complexity index is 687. The Hall–Kier alpha value is -2.00. The van der Waals surface area contributed by atoms with Crippen LogP contribution < -0.4 is 10.1 Å². The predicted molar refractivity (Wildman–Crippen MR) is 91.0 cm³/mol. The Morgan fingerprint density at radius 3 is 2.50 bits per heavy atom. The molecule has 0 radical (unpaired) electrons. The topological polar surface area (TPSA) is 38.3 Å². The predicted octanol–water partition coefficient (Wildman–Crippen LogP) is 4.46. The Morgan fingerprint density at radius 1 is 1.14 bits per heavy atom. The molecule has 0 aliphatic rings. The third-order valence-corrected chi connectivity index (χ3v) is 3.83. The van der Waals surface area contributed by atoms with Crippen molar-refractivity contribution in [1.82, 2.24) is 0 Å². The molecule has 22 heavy (non-hydrogen) atoms. The van der Waals surface area contributed by atoms with Crippen molar-refractivity contribution in [3.8, 4) is 5.75 Å². The van der Waals surface area contributed by atoms with Crippen molar-refractivity contribution in [3.05, 3.63) is 57.6 Å². The molecule has 0 atom stereocenters. The van der Waals surface area contributed by atoms with Crippen molar-refractivity contribution >= 4 is 23.2 Å². The summed E-state index contributed by atoms with van der Waals surface area (Å²) in [5.74, 6) is 0.689. The average molecular weight is 318 g/mol. The Balaban J connectivity index is 2.14. The fourth-order valence-electron chi connectivity index (χ4n) is 2.42. The van der Waals surface area contributed by atoms with Gasteiger partial charge in [0.05, 0.1) is 24.2 Å². The quantitative estimate of drug-likeness (QED) is 0.904. The number of rotatable bonds is 4. The molecule has 0 bridgehead atoms. The second-order valence-electron chi connectivity index (χ2n) is 5.47. The first-order valence-corrected chi connectivity index (χ1v) is 7.48. The Morgan fingerprint density at radius 2 is 1.86 bits per heavy atom. The number of halogens is 1. The standard InChI is InChI=1S/C18H20ClNO2/c1-11-7-13(3)18(15(19)8-11)20-17(21)10-14-6-5-12(2)16(9-14)22-4/h5-9H,10H2,1-4H3,(H,20,21). The number of benzene rings is 2. The van der Waals surface area contributed by atoms with Gasteiger partial charge in [-0.25, -0.2) is 0 Å². The fourth-order valence-corrected chi connectivity index (χ4v) is 2.79. The van der Waals surface area contributed by atoms with Crippen LogP contribution in [0.2, 0.25) is 5.02 Å². The molecule has 4 heteroatoms. The number of aryl methyl sites for hydroxylation is 3. The molecule has 1 amide bonds. The third kappa shape index (κ3) is 3.80. The molecule has 0 unspecified atom stereocenters. The van der Waals surface area contributed by atoms with Crippen molar-refractivity contribution in [2.45, 2.75) is 27.2 Å². The summed E-state index contributed by atoms with van der Waals surface area (Å²) in [6.07, 6.45) is 0.278. The molecule has 0 saturated heterocycles. The van der Waals surface area contributed by atoms with Crippen molar-refractivity contribution in [1.29, 1.82) is 0 Å². The summed E-state index contributed by atoms with van der Waals surface area (Å²) in [6.45, 7) is 5.88. The summed E-state index contributed by atoms with van der Waals surface area (Å²) in [7, 11) is 1.63. The maximum Gasteiger partial charge on any atom is 0.228 e. The molecule has 0 aromatic heterocycles. The van der Waals surface area contributed by atoms with Crippen LogP contribution in [0.25, 0.3) is 0 Å². The van der Waals surface area contributed by atoms with Gasteiger partial charge < -0.3 is 10.1 Å². The molecule has 0 heterocycles. The maximum absolute atomic E-state index is 12.2. The minimum absolute atomic E-state index is 0.0974. The van der Waals surface area contributed by atoms with E-state index >= 15 is 0 Å². The van der Waals surface area contributed by atoms with Gasteiger partial charge in [-0.1, -0.05) is 29.8 Å². The normalized spacial score (nSPS) is 10.4. The highest BCUT2D eigenvalue weighted by Gasteiger charge is 2.11. The molecule has 2 aromatic rings. The van der Waals surface area contributed by atoms with E-state index in [9.17, 15) is 4.79 Å². The van der Waals surface area contributed by atoms with Crippen molar-refractivity contribution in [2.75, 3.05) is 12.4 Å². The summed E-state index contributed by atoms with van der Waals surface area (Å²) < 4.78 is 5.28. The van der Waals surface area contributed by atoms with E-state index in [0.29, 0.717) is 10.7 Å². The van der Waals surface area contributed by atoms with Crippen molar-refractivity contribution in [2.24, 2.45) is 0 Å². The lowest BCUT2D eigenvalue weighted by Crippen LogP contribution is -2.15. The number of hydrogen-bond donors (Lipinski definition) is 1. The van der Waals surface area contributed by atoms with Gasteiger partial charge in [-0.15, -0.1) is 0 Å². The maximum atomic E-state index is 12.2. The molecule has 0 saturated carbocycles. The Labute approximate surface area is 136 Å². The first kappa shape index (κ1) is 16.4. The van der Waals surface area contributed by atoms with E-state index in [0.717, 1.165) is 28.0 Å². The number of amides is 1. The number of carbonyl (C=O) groups excluding carboxylic acids is 1. The van der Waals surface area contributed by atoms with E-state index in [4.69, 9.17) is 16.3 Å². The molecule has 0 spiro atoms. The van der Waals surface area contributed by atoms with E-state index < -0.39 is 0 Å². The highest BCUT2D eigenvalue weighted by atomic mass is 35.5. The van der Waals surface area contributed by atoms with Gasteiger partial charge >= 0.3 is 0 Å². The highest BCUT2D eigenvalue weighted by Crippen LogP contribution is 2.27. The second kappa shape index (κ2) is 6.84. The third-order valence-electron chi connectivity index (χ3n) is 3.53. The number of nitrogens with one attached hydrogen (secondary N) is 1. The van der Waals surface area contributed by atoms with Gasteiger partial charge in [-0.2, -0.15) is 0 Å². The largest absolute Gasteiger partial charge is 0.496 e. The molecule has 116 valence electrons. The number of hydrogen-bond acceptors (Lipinski definition) is 2. The zero-order chi connectivity index (χ0) is 16.3. The van der Waals surface area contributed by atoms with Gasteiger partial charge in [0.2, 0.25) is 5.91 Å². The summed E-state index contributed by atoms with van der Waals surface area (Å²) in [5, 5.41) is 3.46. The lowest BCUT2D eigenvalue weighted by atomic mass is 10.1. The monoisotopic (exact) mass is 317 g/mol. The molecule has 1 N–H and O–H groups in total. The van der Waals surface area contributed by atoms with Crippen LogP contribution in [0.4, 0.5) is 5.69 Å². The van der Waals surface area contributed by atoms with Crippen molar-refractivity contribution in [3.63, 3.8) is 0 Å². The van der Waals surface area contributed by atoms with Crippen LogP contribution in [0.1, 0.15) is 22.3 Å². The summed E-state index contributed by atoms with van der Waals surface area (Å²) in [5.41, 5.74) is 4.66. The number of ether oxygens (including phenoxy) is 1. The molecule has 2 rings (SSSR count). The smallest absolute Gasteiger partial charge is 0.228 e. The van der Waals surface area contributed by atoms with E-state index in [-0.39, 0.29) is 12.3 Å². The fraction of sp³-hybridized carbons (Fsp3) is 0.278. The molecule has 0 aliphatic carbocycles. The summed E-state index contributed by atoms with van der Waals surface area (Å²) in [6, 6.07) is 9.61. The van der Waals surface area contributed by atoms with Crippen molar-refractivity contribution < 1.29 is 9.53 Å². The van der Waals surface area contributed by atoms with Gasteiger partial charge in [0.25, 0.3) is 0 Å². The van der Waals surface area contributed by atoms with Crippen LogP contribution in [-0.4, -0.2) is 13.0 Å². The van der Waals surface area contributed by atoms with Crippen LogP contribution in [0, 0.1) is 20.8 Å². The zero-order valence-corrected chi connectivity index (χ0v) is 14.0. The minimum atomic E-state index is -0.0974. The van der Waals surface area contributed by atoms with E-state index in [1.54, 1.807) is 7.11 Å². The summed E-state index contributed by atoms with van der Waals surface area (Å²) >= 11 is 6.22. The molecule has 2 aromatic carbocycles. The lowest BCUT2D eigenvalue weighted by molar-refractivity contribution is -0.115. The molecular formula is C18H20ClNO2. The van der Waals surface area contributed by atoms with Crippen LogP contribution in [0.15, 0.2) is 30.3 Å². The van der Waals surface area contributed by atoms with E-state index in [2.05, 4.69) is 5.32 Å². The molecule has 0 fully saturated rings. The molecule has 0 aliphatic heterocycles. The van der Waals surface area contributed by atoms with Gasteiger partial charge in [0.15, 0.2) is 0 Å². The Kier molecular flexibility index (Phi) is 5.09. The number of anilines is 1. The van der Waals surface area contributed by atoms with Crippen LogP contribution >= 0.6 is 11.6 Å². The van der Waals surface area contributed by atoms with Gasteiger partial charge in [-0.3, -0.25) is 4.79 Å². The number of methoxy groups -OCH3 is 1. The lowest BCUT2D eigenvalue weighted by Gasteiger charge is -2.12. The first-order valence-electron chi connectivity index (χ1n) is 7.11. The average Bonchev–Trinajstić information content (AvgIpc) is 2.45. The summed E-state index contributed by atoms with van der Waals surface area (Å²) in [4.78, 5) is 12.2. The SMILES string of the molecule is COc1cc(CC(=O)Nc2c(C)cc(C)cc2Cl)ccc1C. The first-order chi connectivity index (χ1) is 10.4. The van der Waals surface area contributed by atoms with Gasteiger partial charge in [0, 0.05) is 0 Å². The van der Waals surface area contributed by atoms with Gasteiger partial charge in [-0.05, 0) is 55.2 Å².